The second-order valence-corrected chi connectivity index (χ2v) is 6.21. The number of rotatable bonds is 2. The molecule has 1 unspecified atom stereocenters. The Morgan fingerprint density at radius 1 is 1.25 bits per heavy atom. The smallest absolute Gasteiger partial charge is 0.151 e. The SMILES string of the molecule is N#CC1(Nc2ccccc2Br)CCc2cc(Cl)ccc21. The first-order valence-electron chi connectivity index (χ1n) is 6.37. The van der Waals surface area contributed by atoms with Crippen LogP contribution in [-0.2, 0) is 12.0 Å². The molecule has 2 aromatic carbocycles. The zero-order valence-corrected chi connectivity index (χ0v) is 13.0. The molecule has 0 amide bonds. The fourth-order valence-electron chi connectivity index (χ4n) is 2.71. The van der Waals surface area contributed by atoms with Crippen LogP contribution in [0.3, 0.4) is 0 Å². The van der Waals surface area contributed by atoms with Gasteiger partial charge in [0.15, 0.2) is 5.54 Å². The van der Waals surface area contributed by atoms with E-state index < -0.39 is 5.54 Å². The number of fused-ring (bicyclic) bond motifs is 1. The highest BCUT2D eigenvalue weighted by atomic mass is 79.9. The number of nitrogens with one attached hydrogen (secondary N) is 1. The fourth-order valence-corrected chi connectivity index (χ4v) is 3.29. The third-order valence-electron chi connectivity index (χ3n) is 3.71. The van der Waals surface area contributed by atoms with E-state index in [1.807, 2.05) is 42.5 Å². The first-order valence-corrected chi connectivity index (χ1v) is 7.55. The van der Waals surface area contributed by atoms with Crippen molar-refractivity contribution in [3.05, 3.63) is 63.1 Å². The summed E-state index contributed by atoms with van der Waals surface area (Å²) in [5, 5.41) is 13.8. The first kappa shape index (κ1) is 13.5. The summed E-state index contributed by atoms with van der Waals surface area (Å²) in [5.74, 6) is 0. The van der Waals surface area contributed by atoms with Gasteiger partial charge < -0.3 is 5.32 Å². The van der Waals surface area contributed by atoms with Crippen molar-refractivity contribution >= 4 is 33.2 Å². The highest BCUT2D eigenvalue weighted by molar-refractivity contribution is 9.10. The van der Waals surface area contributed by atoms with Gasteiger partial charge >= 0.3 is 0 Å². The van der Waals surface area contributed by atoms with Crippen molar-refractivity contribution in [2.75, 3.05) is 5.32 Å². The minimum Gasteiger partial charge on any atom is -0.363 e. The number of benzene rings is 2. The van der Waals surface area contributed by atoms with E-state index in [1.54, 1.807) is 0 Å². The second kappa shape index (κ2) is 5.12. The maximum absolute atomic E-state index is 9.72. The van der Waals surface area contributed by atoms with Gasteiger partial charge in [0.05, 0.1) is 6.07 Å². The number of aryl methyl sites for hydroxylation is 1. The van der Waals surface area contributed by atoms with Crippen molar-refractivity contribution in [3.8, 4) is 6.07 Å². The van der Waals surface area contributed by atoms with Crippen molar-refractivity contribution in [1.82, 2.24) is 0 Å². The predicted molar refractivity (Wildman–Crippen MR) is 84.8 cm³/mol. The largest absolute Gasteiger partial charge is 0.363 e. The molecule has 3 rings (SSSR count). The number of hydrogen-bond acceptors (Lipinski definition) is 2. The molecule has 0 saturated heterocycles. The standard InChI is InChI=1S/C16H12BrClN2/c17-14-3-1-2-4-15(14)20-16(10-19)8-7-11-9-12(18)5-6-13(11)16/h1-6,9,20H,7-8H2. The Hall–Kier alpha value is -1.50. The van der Waals surface area contributed by atoms with Gasteiger partial charge in [-0.2, -0.15) is 5.26 Å². The normalized spacial score (nSPS) is 20.2. The topological polar surface area (TPSA) is 35.8 Å². The highest BCUT2D eigenvalue weighted by Gasteiger charge is 2.39. The van der Waals surface area contributed by atoms with Gasteiger partial charge in [-0.25, -0.2) is 0 Å². The molecule has 1 N–H and O–H groups in total. The molecule has 4 heteroatoms. The zero-order chi connectivity index (χ0) is 14.2. The molecule has 1 aliphatic rings. The molecule has 0 bridgehead atoms. The molecule has 0 spiro atoms. The Labute approximate surface area is 131 Å². The summed E-state index contributed by atoms with van der Waals surface area (Å²) in [7, 11) is 0. The van der Waals surface area contributed by atoms with E-state index in [0.717, 1.165) is 39.2 Å². The molecule has 0 heterocycles. The number of halogens is 2. The molecular formula is C16H12BrClN2. The molecule has 0 radical (unpaired) electrons. The average molecular weight is 348 g/mol. The lowest BCUT2D eigenvalue weighted by Gasteiger charge is -2.26. The number of hydrogen-bond donors (Lipinski definition) is 1. The minimum absolute atomic E-state index is 0.677. The lowest BCUT2D eigenvalue weighted by Crippen LogP contribution is -2.31. The molecule has 0 saturated carbocycles. The summed E-state index contributed by atoms with van der Waals surface area (Å²) < 4.78 is 0.956. The van der Waals surface area contributed by atoms with Crippen molar-refractivity contribution in [2.45, 2.75) is 18.4 Å². The number of anilines is 1. The molecule has 1 atom stereocenters. The van der Waals surface area contributed by atoms with E-state index in [4.69, 9.17) is 11.6 Å². The summed E-state index contributed by atoms with van der Waals surface area (Å²) >= 11 is 9.55. The van der Waals surface area contributed by atoms with Gasteiger partial charge in [-0.3, -0.25) is 0 Å². The predicted octanol–water partition coefficient (Wildman–Crippen LogP) is 4.88. The Morgan fingerprint density at radius 3 is 2.80 bits per heavy atom. The van der Waals surface area contributed by atoms with Crippen LogP contribution in [-0.4, -0.2) is 0 Å². The van der Waals surface area contributed by atoms with E-state index >= 15 is 0 Å². The monoisotopic (exact) mass is 346 g/mol. The number of nitrogens with zero attached hydrogens (tertiary/aromatic N) is 1. The van der Waals surface area contributed by atoms with Gasteiger partial charge in [-0.05, 0) is 64.2 Å². The fraction of sp³-hybridized carbons (Fsp3) is 0.188. The molecular weight excluding hydrogens is 336 g/mol. The van der Waals surface area contributed by atoms with Gasteiger partial charge in [0.1, 0.15) is 0 Å². The summed E-state index contributed by atoms with van der Waals surface area (Å²) in [6, 6.07) is 16.1. The lowest BCUT2D eigenvalue weighted by molar-refractivity contribution is 0.620. The molecule has 1 aliphatic carbocycles. The van der Waals surface area contributed by atoms with Crippen molar-refractivity contribution in [3.63, 3.8) is 0 Å². The van der Waals surface area contributed by atoms with Crippen molar-refractivity contribution in [1.29, 1.82) is 5.26 Å². The van der Waals surface area contributed by atoms with Gasteiger partial charge in [-0.1, -0.05) is 29.8 Å². The quantitative estimate of drug-likeness (QED) is 0.840. The van der Waals surface area contributed by atoms with Crippen LogP contribution >= 0.6 is 27.5 Å². The Morgan fingerprint density at radius 2 is 2.05 bits per heavy atom. The Bertz CT molecular complexity index is 708. The van der Waals surface area contributed by atoms with Crippen LogP contribution < -0.4 is 5.32 Å². The van der Waals surface area contributed by atoms with E-state index in [1.165, 1.54) is 0 Å². The van der Waals surface area contributed by atoms with Gasteiger partial charge in [-0.15, -0.1) is 0 Å². The number of nitriles is 1. The first-order chi connectivity index (χ1) is 9.64. The van der Waals surface area contributed by atoms with Crippen LogP contribution in [0.4, 0.5) is 5.69 Å². The third-order valence-corrected chi connectivity index (χ3v) is 4.64. The van der Waals surface area contributed by atoms with Crippen LogP contribution in [0.2, 0.25) is 5.02 Å². The van der Waals surface area contributed by atoms with E-state index in [-0.39, 0.29) is 0 Å². The van der Waals surface area contributed by atoms with Gasteiger partial charge in [0.2, 0.25) is 0 Å². The Balaban J connectivity index is 2.04. The third kappa shape index (κ3) is 2.19. The Kier molecular flexibility index (Phi) is 3.45. The van der Waals surface area contributed by atoms with E-state index in [9.17, 15) is 5.26 Å². The average Bonchev–Trinajstić information content (AvgIpc) is 2.80. The molecule has 2 aromatic rings. The maximum Gasteiger partial charge on any atom is 0.151 e. The van der Waals surface area contributed by atoms with Crippen LogP contribution in [0.25, 0.3) is 0 Å². The van der Waals surface area contributed by atoms with Crippen LogP contribution in [0.1, 0.15) is 17.5 Å². The minimum atomic E-state index is -0.677. The van der Waals surface area contributed by atoms with Gasteiger partial charge in [0.25, 0.3) is 0 Å². The molecule has 0 aliphatic heterocycles. The summed E-state index contributed by atoms with van der Waals surface area (Å²) in [6.45, 7) is 0. The summed E-state index contributed by atoms with van der Waals surface area (Å²) in [6.07, 6.45) is 1.61. The van der Waals surface area contributed by atoms with E-state index in [0.29, 0.717) is 0 Å². The van der Waals surface area contributed by atoms with Crippen molar-refractivity contribution in [2.24, 2.45) is 0 Å². The second-order valence-electron chi connectivity index (χ2n) is 4.92. The molecule has 2 nitrogen and oxygen atoms in total. The number of para-hydroxylation sites is 1. The van der Waals surface area contributed by atoms with Crippen LogP contribution in [0, 0.1) is 11.3 Å². The summed E-state index contributed by atoms with van der Waals surface area (Å²) in [4.78, 5) is 0. The molecule has 20 heavy (non-hydrogen) atoms. The summed E-state index contributed by atoms with van der Waals surface area (Å²) in [5.41, 5.74) is 2.43. The van der Waals surface area contributed by atoms with Crippen molar-refractivity contribution < 1.29 is 0 Å². The van der Waals surface area contributed by atoms with E-state index in [2.05, 4.69) is 27.3 Å². The highest BCUT2D eigenvalue weighted by Crippen LogP contribution is 2.41. The van der Waals surface area contributed by atoms with Crippen LogP contribution in [0.5, 0.6) is 0 Å². The maximum atomic E-state index is 9.72. The molecule has 0 aromatic heterocycles. The van der Waals surface area contributed by atoms with Gasteiger partial charge in [0, 0.05) is 15.2 Å². The van der Waals surface area contributed by atoms with Crippen LogP contribution in [0.15, 0.2) is 46.9 Å². The lowest BCUT2D eigenvalue weighted by atomic mass is 9.93. The molecule has 100 valence electrons. The molecule has 0 fully saturated rings. The zero-order valence-electron chi connectivity index (χ0n) is 10.7.